The Hall–Kier alpha value is -1.97. The fourth-order valence-electron chi connectivity index (χ4n) is 1.00. The number of aromatic hydroxyl groups is 1. The molecule has 1 heterocycles. The minimum atomic E-state index is 0.198. The summed E-state index contributed by atoms with van der Waals surface area (Å²) in [6.07, 6.45) is 3.00. The SMILES string of the molecule is Oc1ccccc1Nc1cnoc1. The average molecular weight is 176 g/mol. The maximum Gasteiger partial charge on any atom is 0.147 e. The van der Waals surface area contributed by atoms with Crippen molar-refractivity contribution >= 4 is 11.4 Å². The topological polar surface area (TPSA) is 58.3 Å². The molecule has 0 fully saturated rings. The second-order valence-corrected chi connectivity index (χ2v) is 2.56. The van der Waals surface area contributed by atoms with Crippen LogP contribution in [0.3, 0.4) is 0 Å². The summed E-state index contributed by atoms with van der Waals surface area (Å²) in [5.74, 6) is 0.198. The first kappa shape index (κ1) is 7.67. The summed E-state index contributed by atoms with van der Waals surface area (Å²) < 4.78 is 4.63. The lowest BCUT2D eigenvalue weighted by Crippen LogP contribution is -1.87. The average Bonchev–Trinajstić information content (AvgIpc) is 2.61. The molecule has 0 spiro atoms. The van der Waals surface area contributed by atoms with E-state index >= 15 is 0 Å². The molecule has 0 saturated heterocycles. The predicted octanol–water partition coefficient (Wildman–Crippen LogP) is 2.12. The first-order valence-electron chi connectivity index (χ1n) is 3.80. The first-order valence-corrected chi connectivity index (χ1v) is 3.80. The van der Waals surface area contributed by atoms with Crippen LogP contribution in [-0.2, 0) is 0 Å². The molecule has 0 radical (unpaired) electrons. The molecule has 13 heavy (non-hydrogen) atoms. The molecule has 0 saturated carbocycles. The summed E-state index contributed by atoms with van der Waals surface area (Å²) in [4.78, 5) is 0. The van der Waals surface area contributed by atoms with Gasteiger partial charge in [-0.3, -0.25) is 0 Å². The minimum absolute atomic E-state index is 0.198. The van der Waals surface area contributed by atoms with Gasteiger partial charge < -0.3 is 14.9 Å². The summed E-state index contributed by atoms with van der Waals surface area (Å²) in [6, 6.07) is 6.96. The highest BCUT2D eigenvalue weighted by Crippen LogP contribution is 2.25. The maximum absolute atomic E-state index is 9.40. The molecular formula is C9H8N2O2. The second-order valence-electron chi connectivity index (χ2n) is 2.56. The van der Waals surface area contributed by atoms with Gasteiger partial charge in [0, 0.05) is 0 Å². The number of phenolic OH excluding ortho intramolecular Hbond substituents is 1. The van der Waals surface area contributed by atoms with Gasteiger partial charge in [0.15, 0.2) is 0 Å². The van der Waals surface area contributed by atoms with Gasteiger partial charge in [-0.25, -0.2) is 0 Å². The minimum Gasteiger partial charge on any atom is -0.506 e. The zero-order valence-electron chi connectivity index (χ0n) is 6.77. The van der Waals surface area contributed by atoms with Crippen LogP contribution < -0.4 is 5.32 Å². The van der Waals surface area contributed by atoms with E-state index in [0.29, 0.717) is 11.4 Å². The molecule has 1 aromatic carbocycles. The van der Waals surface area contributed by atoms with E-state index in [9.17, 15) is 5.11 Å². The lowest BCUT2D eigenvalue weighted by Gasteiger charge is -2.03. The number of rotatable bonds is 2. The maximum atomic E-state index is 9.40. The zero-order chi connectivity index (χ0) is 9.10. The van der Waals surface area contributed by atoms with Crippen LogP contribution in [0, 0.1) is 0 Å². The molecule has 0 aliphatic carbocycles. The van der Waals surface area contributed by atoms with E-state index in [1.54, 1.807) is 18.2 Å². The van der Waals surface area contributed by atoms with Gasteiger partial charge in [-0.05, 0) is 12.1 Å². The van der Waals surface area contributed by atoms with Crippen LogP contribution in [0.15, 0.2) is 41.2 Å². The Labute approximate surface area is 74.8 Å². The van der Waals surface area contributed by atoms with E-state index in [1.165, 1.54) is 12.5 Å². The third-order valence-electron chi connectivity index (χ3n) is 1.62. The highest BCUT2D eigenvalue weighted by molar-refractivity contribution is 5.64. The van der Waals surface area contributed by atoms with Crippen molar-refractivity contribution in [1.82, 2.24) is 5.16 Å². The normalized spacial score (nSPS) is 9.85. The molecule has 0 atom stereocenters. The fourth-order valence-corrected chi connectivity index (χ4v) is 1.00. The Bertz CT molecular complexity index is 384. The lowest BCUT2D eigenvalue weighted by molar-refractivity contribution is 0.420. The summed E-state index contributed by atoms with van der Waals surface area (Å²) in [5, 5.41) is 15.9. The van der Waals surface area contributed by atoms with Crippen LogP contribution in [-0.4, -0.2) is 10.3 Å². The van der Waals surface area contributed by atoms with Crippen molar-refractivity contribution in [3.63, 3.8) is 0 Å². The Morgan fingerprint density at radius 3 is 2.85 bits per heavy atom. The van der Waals surface area contributed by atoms with E-state index < -0.39 is 0 Å². The number of aromatic nitrogens is 1. The van der Waals surface area contributed by atoms with Crippen molar-refractivity contribution in [2.24, 2.45) is 0 Å². The Morgan fingerprint density at radius 2 is 2.15 bits per heavy atom. The van der Waals surface area contributed by atoms with Crippen LogP contribution in [0.5, 0.6) is 5.75 Å². The molecule has 4 heteroatoms. The number of phenols is 1. The van der Waals surface area contributed by atoms with E-state index in [-0.39, 0.29) is 5.75 Å². The molecular weight excluding hydrogens is 168 g/mol. The summed E-state index contributed by atoms with van der Waals surface area (Å²) in [7, 11) is 0. The van der Waals surface area contributed by atoms with Crippen LogP contribution in [0.4, 0.5) is 11.4 Å². The van der Waals surface area contributed by atoms with Gasteiger partial charge >= 0.3 is 0 Å². The molecule has 2 aromatic rings. The highest BCUT2D eigenvalue weighted by Gasteiger charge is 2.00. The second kappa shape index (κ2) is 3.18. The number of hydrogen-bond donors (Lipinski definition) is 2. The van der Waals surface area contributed by atoms with Gasteiger partial charge in [-0.2, -0.15) is 0 Å². The molecule has 4 nitrogen and oxygen atoms in total. The van der Waals surface area contributed by atoms with Gasteiger partial charge in [-0.1, -0.05) is 17.3 Å². The van der Waals surface area contributed by atoms with Crippen LogP contribution >= 0.6 is 0 Å². The predicted molar refractivity (Wildman–Crippen MR) is 47.9 cm³/mol. The van der Waals surface area contributed by atoms with Crippen molar-refractivity contribution in [3.8, 4) is 5.75 Å². The van der Waals surface area contributed by atoms with Crippen LogP contribution in [0.1, 0.15) is 0 Å². The largest absolute Gasteiger partial charge is 0.506 e. The van der Waals surface area contributed by atoms with Crippen molar-refractivity contribution in [3.05, 3.63) is 36.7 Å². The molecule has 2 rings (SSSR count). The van der Waals surface area contributed by atoms with Gasteiger partial charge in [-0.15, -0.1) is 0 Å². The smallest absolute Gasteiger partial charge is 0.147 e. The third kappa shape index (κ3) is 1.61. The number of hydrogen-bond acceptors (Lipinski definition) is 4. The quantitative estimate of drug-likeness (QED) is 0.688. The van der Waals surface area contributed by atoms with E-state index in [2.05, 4.69) is 15.0 Å². The highest BCUT2D eigenvalue weighted by atomic mass is 16.5. The van der Waals surface area contributed by atoms with Gasteiger partial charge in [0.05, 0.1) is 17.6 Å². The Balaban J connectivity index is 2.24. The third-order valence-corrected chi connectivity index (χ3v) is 1.62. The number of nitrogens with zero attached hydrogens (tertiary/aromatic N) is 1. The fraction of sp³-hybridized carbons (Fsp3) is 0. The van der Waals surface area contributed by atoms with E-state index in [4.69, 9.17) is 0 Å². The summed E-state index contributed by atoms with van der Waals surface area (Å²) in [6.45, 7) is 0. The van der Waals surface area contributed by atoms with Crippen molar-refractivity contribution in [2.75, 3.05) is 5.32 Å². The van der Waals surface area contributed by atoms with Crippen molar-refractivity contribution in [2.45, 2.75) is 0 Å². The number of benzene rings is 1. The first-order chi connectivity index (χ1) is 6.36. The summed E-state index contributed by atoms with van der Waals surface area (Å²) in [5.41, 5.74) is 1.34. The standard InChI is InChI=1S/C9H8N2O2/c12-9-4-2-1-3-8(9)11-7-5-10-13-6-7/h1-6,11-12H. The molecule has 0 aliphatic heterocycles. The molecule has 66 valence electrons. The van der Waals surface area contributed by atoms with E-state index in [0.717, 1.165) is 0 Å². The number of anilines is 2. The van der Waals surface area contributed by atoms with Crippen LogP contribution in [0.2, 0.25) is 0 Å². The van der Waals surface area contributed by atoms with Crippen molar-refractivity contribution in [1.29, 1.82) is 0 Å². The number of para-hydroxylation sites is 2. The van der Waals surface area contributed by atoms with Crippen LogP contribution in [0.25, 0.3) is 0 Å². The molecule has 1 aromatic heterocycles. The molecule has 0 bridgehead atoms. The molecule has 0 amide bonds. The summed E-state index contributed by atoms with van der Waals surface area (Å²) >= 11 is 0. The molecule has 0 unspecified atom stereocenters. The monoisotopic (exact) mass is 176 g/mol. The van der Waals surface area contributed by atoms with Gasteiger partial charge in [0.25, 0.3) is 0 Å². The molecule has 2 N–H and O–H groups in total. The Kier molecular flexibility index (Phi) is 1.88. The Morgan fingerprint density at radius 1 is 1.31 bits per heavy atom. The zero-order valence-corrected chi connectivity index (χ0v) is 6.77. The van der Waals surface area contributed by atoms with Gasteiger partial charge in [0.1, 0.15) is 12.0 Å². The lowest BCUT2D eigenvalue weighted by atomic mass is 10.3. The van der Waals surface area contributed by atoms with Crippen molar-refractivity contribution < 1.29 is 9.63 Å². The molecule has 0 aliphatic rings. The van der Waals surface area contributed by atoms with E-state index in [1.807, 2.05) is 6.07 Å². The van der Waals surface area contributed by atoms with Gasteiger partial charge in [0.2, 0.25) is 0 Å². The number of nitrogens with one attached hydrogen (secondary N) is 1.